The summed E-state index contributed by atoms with van der Waals surface area (Å²) in [6.07, 6.45) is -3.70. The van der Waals surface area contributed by atoms with Crippen LogP contribution in [0.4, 0.5) is 22.7 Å². The number of aromatic nitrogens is 2. The number of hydrogen-bond acceptors (Lipinski definition) is 7. The van der Waals surface area contributed by atoms with Crippen LogP contribution in [0.15, 0.2) is 54.7 Å². The number of methoxy groups -OCH3 is 1. The Labute approximate surface area is 202 Å². The van der Waals surface area contributed by atoms with Crippen molar-refractivity contribution in [1.29, 1.82) is 0 Å². The molecule has 0 radical (unpaired) electrons. The van der Waals surface area contributed by atoms with E-state index in [1.54, 1.807) is 30.3 Å². The van der Waals surface area contributed by atoms with E-state index < -0.39 is 11.7 Å². The molecule has 184 valence electrons. The molecule has 2 heterocycles. The van der Waals surface area contributed by atoms with Crippen LogP contribution in [0.5, 0.6) is 11.5 Å². The van der Waals surface area contributed by atoms with Gasteiger partial charge in [-0.1, -0.05) is 35.6 Å². The molecule has 0 aliphatic rings. The van der Waals surface area contributed by atoms with Gasteiger partial charge in [-0.05, 0) is 29.8 Å². The van der Waals surface area contributed by atoms with Crippen molar-refractivity contribution in [1.82, 2.24) is 9.97 Å². The largest absolute Gasteiger partial charge is 0.493 e. The minimum absolute atomic E-state index is 0.0420. The van der Waals surface area contributed by atoms with E-state index in [0.29, 0.717) is 46.5 Å². The molecular formula is C24H22F4N4O2S. The molecule has 0 aliphatic heterocycles. The van der Waals surface area contributed by atoms with E-state index in [0.717, 1.165) is 29.2 Å². The van der Waals surface area contributed by atoms with Gasteiger partial charge in [0.1, 0.15) is 12.4 Å². The minimum atomic E-state index is -4.48. The fourth-order valence-corrected chi connectivity index (χ4v) is 4.41. The molecule has 0 bridgehead atoms. The van der Waals surface area contributed by atoms with Crippen molar-refractivity contribution in [3.63, 3.8) is 0 Å². The Balaban J connectivity index is 1.54. The lowest BCUT2D eigenvalue weighted by atomic mass is 10.2. The average molecular weight is 507 g/mol. The maximum Gasteiger partial charge on any atom is 0.417 e. The number of anilines is 1. The van der Waals surface area contributed by atoms with Gasteiger partial charge in [-0.15, -0.1) is 0 Å². The Hall–Kier alpha value is -3.44. The van der Waals surface area contributed by atoms with Crippen molar-refractivity contribution in [2.75, 3.05) is 25.1 Å². The maximum atomic E-state index is 13.9. The highest BCUT2D eigenvalue weighted by atomic mass is 32.1. The van der Waals surface area contributed by atoms with Gasteiger partial charge < -0.3 is 20.1 Å². The summed E-state index contributed by atoms with van der Waals surface area (Å²) in [5.41, 5.74) is 6.47. The fraction of sp³-hybridized carbons (Fsp3) is 0.250. The number of nitrogens with two attached hydrogens (primary N) is 1. The Morgan fingerprint density at radius 3 is 2.60 bits per heavy atom. The molecule has 4 rings (SSSR count). The SMILES string of the molecule is COc1cc(CN(CCN)c2nc3ncc(C(F)(F)F)cc3s2)ccc1OCc1ccccc1F. The smallest absolute Gasteiger partial charge is 0.417 e. The van der Waals surface area contributed by atoms with Gasteiger partial charge in [-0.25, -0.2) is 9.37 Å². The number of nitrogens with zero attached hydrogens (tertiary/aromatic N) is 3. The van der Waals surface area contributed by atoms with E-state index in [1.807, 2.05) is 11.0 Å². The summed E-state index contributed by atoms with van der Waals surface area (Å²) >= 11 is 1.12. The minimum Gasteiger partial charge on any atom is -0.493 e. The number of rotatable bonds is 9. The van der Waals surface area contributed by atoms with Gasteiger partial charge in [-0.2, -0.15) is 18.2 Å². The van der Waals surface area contributed by atoms with Crippen LogP contribution in [0.25, 0.3) is 10.3 Å². The Morgan fingerprint density at radius 2 is 1.89 bits per heavy atom. The molecule has 0 aliphatic carbocycles. The fourth-order valence-electron chi connectivity index (χ4n) is 3.42. The first-order chi connectivity index (χ1) is 16.8. The summed E-state index contributed by atoms with van der Waals surface area (Å²) in [5, 5.41) is 0.510. The summed E-state index contributed by atoms with van der Waals surface area (Å²) < 4.78 is 64.6. The van der Waals surface area contributed by atoms with E-state index in [-0.39, 0.29) is 18.1 Å². The molecule has 0 fully saturated rings. The van der Waals surface area contributed by atoms with Crippen molar-refractivity contribution in [2.45, 2.75) is 19.3 Å². The van der Waals surface area contributed by atoms with Crippen molar-refractivity contribution < 1.29 is 27.0 Å². The summed E-state index contributed by atoms with van der Waals surface area (Å²) in [7, 11) is 1.50. The zero-order valence-corrected chi connectivity index (χ0v) is 19.5. The monoisotopic (exact) mass is 506 g/mol. The third-order valence-corrected chi connectivity index (χ3v) is 6.23. The van der Waals surface area contributed by atoms with Crippen LogP contribution in [0.3, 0.4) is 0 Å². The highest BCUT2D eigenvalue weighted by Gasteiger charge is 2.31. The molecule has 0 saturated heterocycles. The van der Waals surface area contributed by atoms with Crippen LogP contribution in [0.2, 0.25) is 0 Å². The van der Waals surface area contributed by atoms with Gasteiger partial charge in [0.2, 0.25) is 0 Å². The number of benzene rings is 2. The molecule has 0 unspecified atom stereocenters. The highest BCUT2D eigenvalue weighted by Crippen LogP contribution is 2.35. The van der Waals surface area contributed by atoms with Crippen LogP contribution >= 0.6 is 11.3 Å². The van der Waals surface area contributed by atoms with Crippen molar-refractivity contribution >= 4 is 26.8 Å². The molecule has 0 atom stereocenters. The topological polar surface area (TPSA) is 73.5 Å². The number of ether oxygens (including phenoxy) is 2. The standard InChI is InChI=1S/C24H22F4N4O2S/c1-33-20-10-15(6-7-19(20)34-14-16-4-2-3-5-18(16)25)13-32(9-8-29)23-31-22-21(35-23)11-17(12-30-22)24(26,27)28/h2-7,10-12H,8-9,13-14,29H2,1H3. The molecule has 11 heteroatoms. The van der Waals surface area contributed by atoms with Crippen LogP contribution in [0, 0.1) is 5.82 Å². The molecule has 0 saturated carbocycles. The molecule has 0 spiro atoms. The maximum absolute atomic E-state index is 13.9. The van der Waals surface area contributed by atoms with E-state index in [9.17, 15) is 17.6 Å². The predicted octanol–water partition coefficient (Wildman–Crippen LogP) is 5.40. The summed E-state index contributed by atoms with van der Waals surface area (Å²) in [4.78, 5) is 10.1. The van der Waals surface area contributed by atoms with Crippen molar-refractivity contribution in [3.05, 3.63) is 77.2 Å². The predicted molar refractivity (Wildman–Crippen MR) is 126 cm³/mol. The molecular weight excluding hydrogens is 484 g/mol. The van der Waals surface area contributed by atoms with Crippen LogP contribution in [-0.4, -0.2) is 30.2 Å². The van der Waals surface area contributed by atoms with Gasteiger partial charge in [0.05, 0.1) is 17.4 Å². The zero-order chi connectivity index (χ0) is 25.0. The normalized spacial score (nSPS) is 11.6. The van der Waals surface area contributed by atoms with E-state index in [2.05, 4.69) is 9.97 Å². The van der Waals surface area contributed by atoms with Gasteiger partial charge in [0, 0.05) is 31.4 Å². The number of pyridine rings is 1. The molecule has 35 heavy (non-hydrogen) atoms. The molecule has 0 amide bonds. The molecule has 4 aromatic rings. The molecule has 6 nitrogen and oxygen atoms in total. The Morgan fingerprint density at radius 1 is 1.09 bits per heavy atom. The second-order valence-electron chi connectivity index (χ2n) is 7.62. The second kappa shape index (κ2) is 10.4. The van der Waals surface area contributed by atoms with E-state index in [1.165, 1.54) is 13.2 Å². The number of alkyl halides is 3. The zero-order valence-electron chi connectivity index (χ0n) is 18.7. The third kappa shape index (κ3) is 5.80. The van der Waals surface area contributed by atoms with Gasteiger partial charge >= 0.3 is 6.18 Å². The van der Waals surface area contributed by atoms with Crippen molar-refractivity contribution in [3.8, 4) is 11.5 Å². The molecule has 2 N–H and O–H groups in total. The lowest BCUT2D eigenvalue weighted by Gasteiger charge is -2.21. The highest BCUT2D eigenvalue weighted by molar-refractivity contribution is 7.22. The number of thiazole rings is 1. The Kier molecular flexibility index (Phi) is 7.37. The molecule has 2 aromatic heterocycles. The summed E-state index contributed by atoms with van der Waals surface area (Å²) in [5.74, 6) is 0.564. The third-order valence-electron chi connectivity index (χ3n) is 5.18. The average Bonchev–Trinajstić information content (AvgIpc) is 3.26. The van der Waals surface area contributed by atoms with Crippen molar-refractivity contribution in [2.24, 2.45) is 5.73 Å². The lowest BCUT2D eigenvalue weighted by Crippen LogP contribution is -2.28. The second-order valence-corrected chi connectivity index (χ2v) is 8.62. The van der Waals surface area contributed by atoms with Crippen LogP contribution < -0.4 is 20.1 Å². The van der Waals surface area contributed by atoms with Gasteiger partial charge in [0.15, 0.2) is 22.3 Å². The first kappa shape index (κ1) is 24.7. The molecule has 2 aromatic carbocycles. The first-order valence-electron chi connectivity index (χ1n) is 10.6. The first-order valence-corrected chi connectivity index (χ1v) is 11.4. The van der Waals surface area contributed by atoms with E-state index >= 15 is 0 Å². The quantitative estimate of drug-likeness (QED) is 0.307. The van der Waals surface area contributed by atoms with Crippen LogP contribution in [-0.2, 0) is 19.3 Å². The number of halogens is 4. The van der Waals surface area contributed by atoms with E-state index in [4.69, 9.17) is 15.2 Å². The number of hydrogen-bond donors (Lipinski definition) is 1. The van der Waals surface area contributed by atoms with Gasteiger partial charge in [-0.3, -0.25) is 0 Å². The number of fused-ring (bicyclic) bond motifs is 1. The Bertz CT molecular complexity index is 1310. The summed E-state index contributed by atoms with van der Waals surface area (Å²) in [6, 6.07) is 12.7. The summed E-state index contributed by atoms with van der Waals surface area (Å²) in [6.45, 7) is 1.17. The van der Waals surface area contributed by atoms with Gasteiger partial charge in [0.25, 0.3) is 0 Å². The van der Waals surface area contributed by atoms with Crippen LogP contribution in [0.1, 0.15) is 16.7 Å². The lowest BCUT2D eigenvalue weighted by molar-refractivity contribution is -0.137.